The summed E-state index contributed by atoms with van der Waals surface area (Å²) in [7, 11) is 2.79. The van der Waals surface area contributed by atoms with Crippen LogP contribution in [0.25, 0.3) is 0 Å². The average molecular weight is 364 g/mol. The minimum atomic E-state index is -0.351. The van der Waals surface area contributed by atoms with Gasteiger partial charge in [0.25, 0.3) is 0 Å². The van der Waals surface area contributed by atoms with Crippen LogP contribution in [0.2, 0.25) is 0 Å². The number of amides is 1. The molecule has 0 N–H and O–H groups in total. The number of halogens is 1. The molecule has 2 heterocycles. The van der Waals surface area contributed by atoms with Crippen molar-refractivity contribution in [3.63, 3.8) is 0 Å². The third kappa shape index (κ3) is 4.15. The zero-order chi connectivity index (χ0) is 18.7. The van der Waals surface area contributed by atoms with Gasteiger partial charge in [-0.2, -0.15) is 0 Å². The third-order valence-electron chi connectivity index (χ3n) is 5.31. The van der Waals surface area contributed by atoms with Crippen molar-refractivity contribution in [2.75, 3.05) is 40.4 Å². The molecule has 142 valence electrons. The monoisotopic (exact) mass is 364 g/mol. The van der Waals surface area contributed by atoms with E-state index in [1.165, 1.54) is 20.3 Å². The van der Waals surface area contributed by atoms with E-state index in [0.29, 0.717) is 18.4 Å². The van der Waals surface area contributed by atoms with Crippen LogP contribution in [0.1, 0.15) is 18.4 Å². The predicted molar refractivity (Wildman–Crippen MR) is 93.0 cm³/mol. The summed E-state index contributed by atoms with van der Waals surface area (Å²) in [6.07, 6.45) is 0.345. The number of hydrogen-bond acceptors (Lipinski definition) is 5. The van der Waals surface area contributed by atoms with Crippen LogP contribution in [0.15, 0.2) is 18.2 Å². The Morgan fingerprint density at radius 2 is 1.81 bits per heavy atom. The maximum Gasteiger partial charge on any atom is 0.306 e. The highest BCUT2D eigenvalue weighted by molar-refractivity contribution is 5.81. The molecule has 2 aliphatic heterocycles. The number of hydrogen-bond donors (Lipinski definition) is 0. The van der Waals surface area contributed by atoms with E-state index in [0.717, 1.165) is 31.7 Å². The van der Waals surface area contributed by atoms with E-state index < -0.39 is 0 Å². The molecule has 0 radical (unpaired) electrons. The lowest BCUT2D eigenvalue weighted by molar-refractivity contribution is -0.143. The molecule has 0 saturated carbocycles. The Labute approximate surface area is 152 Å². The second-order valence-corrected chi connectivity index (χ2v) is 7.06. The van der Waals surface area contributed by atoms with Crippen molar-refractivity contribution in [3.8, 4) is 5.75 Å². The molecule has 0 unspecified atom stereocenters. The van der Waals surface area contributed by atoms with Gasteiger partial charge in [0.05, 0.1) is 20.6 Å². The molecule has 1 amide bonds. The standard InChI is InChI=1S/C19H25FN2O4/c1-25-17-4-3-13(7-16(17)20)8-21-9-14-11-22(12-15(14)10-21)18(23)5-6-19(24)26-2/h3-4,7,14-15H,5-6,8-12H2,1-2H3/t14-,15-/m1/s1. The first kappa shape index (κ1) is 18.6. The maximum atomic E-state index is 13.8. The smallest absolute Gasteiger partial charge is 0.306 e. The summed E-state index contributed by atoms with van der Waals surface area (Å²) in [4.78, 5) is 27.6. The fourth-order valence-electron chi connectivity index (χ4n) is 3.96. The first-order chi connectivity index (χ1) is 12.5. The largest absolute Gasteiger partial charge is 0.494 e. The van der Waals surface area contributed by atoms with Crippen LogP contribution in [0.3, 0.4) is 0 Å². The van der Waals surface area contributed by atoms with Crippen molar-refractivity contribution in [1.29, 1.82) is 0 Å². The molecule has 2 aliphatic rings. The van der Waals surface area contributed by atoms with Gasteiger partial charge in [0.15, 0.2) is 11.6 Å². The van der Waals surface area contributed by atoms with Crippen LogP contribution < -0.4 is 4.74 Å². The molecular weight excluding hydrogens is 339 g/mol. The second-order valence-electron chi connectivity index (χ2n) is 7.06. The summed E-state index contributed by atoms with van der Waals surface area (Å²) in [5.74, 6) is 0.476. The maximum absolute atomic E-state index is 13.8. The van der Waals surface area contributed by atoms with E-state index in [2.05, 4.69) is 9.64 Å². The molecule has 26 heavy (non-hydrogen) atoms. The number of carbonyl (C=O) groups excluding carboxylic acids is 2. The predicted octanol–water partition coefficient (Wildman–Crippen LogP) is 1.68. The fourth-order valence-corrected chi connectivity index (χ4v) is 3.96. The summed E-state index contributed by atoms with van der Waals surface area (Å²) in [6, 6.07) is 5.07. The van der Waals surface area contributed by atoms with Gasteiger partial charge < -0.3 is 14.4 Å². The first-order valence-electron chi connectivity index (χ1n) is 8.89. The molecule has 3 rings (SSSR count). The van der Waals surface area contributed by atoms with Gasteiger partial charge in [-0.3, -0.25) is 14.5 Å². The van der Waals surface area contributed by atoms with Crippen LogP contribution >= 0.6 is 0 Å². The molecule has 0 aromatic heterocycles. The number of carbonyl (C=O) groups is 2. The summed E-state index contributed by atoms with van der Waals surface area (Å²) in [5.41, 5.74) is 0.925. The highest BCUT2D eigenvalue weighted by Gasteiger charge is 2.41. The van der Waals surface area contributed by atoms with Crippen molar-refractivity contribution in [3.05, 3.63) is 29.6 Å². The summed E-state index contributed by atoms with van der Waals surface area (Å²) < 4.78 is 23.4. The number of fused-ring (bicyclic) bond motifs is 1. The SMILES string of the molecule is COC(=O)CCC(=O)N1C[C@H]2CN(Cc3ccc(OC)c(F)c3)C[C@@H]2C1. The minimum absolute atomic E-state index is 0.0218. The van der Waals surface area contributed by atoms with E-state index in [9.17, 15) is 14.0 Å². The zero-order valence-electron chi connectivity index (χ0n) is 15.2. The van der Waals surface area contributed by atoms with E-state index in [4.69, 9.17) is 4.74 Å². The van der Waals surface area contributed by atoms with Crippen molar-refractivity contribution in [2.45, 2.75) is 19.4 Å². The highest BCUT2D eigenvalue weighted by atomic mass is 19.1. The Bertz CT molecular complexity index is 668. The molecule has 6 nitrogen and oxygen atoms in total. The molecule has 2 fully saturated rings. The quantitative estimate of drug-likeness (QED) is 0.719. The van der Waals surface area contributed by atoms with Crippen molar-refractivity contribution in [1.82, 2.24) is 9.80 Å². The van der Waals surface area contributed by atoms with Gasteiger partial charge >= 0.3 is 5.97 Å². The Balaban J connectivity index is 1.48. The van der Waals surface area contributed by atoms with Gasteiger partial charge in [-0.1, -0.05) is 6.07 Å². The molecule has 2 saturated heterocycles. The van der Waals surface area contributed by atoms with E-state index >= 15 is 0 Å². The number of methoxy groups -OCH3 is 2. The van der Waals surface area contributed by atoms with Crippen LogP contribution in [0, 0.1) is 17.7 Å². The zero-order valence-corrected chi connectivity index (χ0v) is 15.2. The van der Waals surface area contributed by atoms with Crippen molar-refractivity contribution >= 4 is 11.9 Å². The number of rotatable bonds is 6. The van der Waals surface area contributed by atoms with Crippen molar-refractivity contribution in [2.24, 2.45) is 11.8 Å². The molecule has 0 bridgehead atoms. The van der Waals surface area contributed by atoms with Crippen LogP contribution in [0.4, 0.5) is 4.39 Å². The van der Waals surface area contributed by atoms with Crippen LogP contribution in [-0.4, -0.2) is 62.1 Å². The topological polar surface area (TPSA) is 59.1 Å². The van der Waals surface area contributed by atoms with E-state index in [1.807, 2.05) is 11.0 Å². The normalized spacial score (nSPS) is 22.3. The highest BCUT2D eigenvalue weighted by Crippen LogP contribution is 2.32. The van der Waals surface area contributed by atoms with Gasteiger partial charge in [0.2, 0.25) is 5.91 Å². The number of nitrogens with zero attached hydrogens (tertiary/aromatic N) is 2. The van der Waals surface area contributed by atoms with Gasteiger partial charge in [-0.15, -0.1) is 0 Å². The Hall–Kier alpha value is -2.15. The fraction of sp³-hybridized carbons (Fsp3) is 0.579. The van der Waals surface area contributed by atoms with Crippen LogP contribution in [0.5, 0.6) is 5.75 Å². The van der Waals surface area contributed by atoms with Gasteiger partial charge in [-0.05, 0) is 29.5 Å². The van der Waals surface area contributed by atoms with Gasteiger partial charge in [0, 0.05) is 39.1 Å². The molecule has 0 spiro atoms. The lowest BCUT2D eigenvalue weighted by atomic mass is 10.0. The molecule has 1 aromatic rings. The summed E-state index contributed by atoms with van der Waals surface area (Å²) >= 11 is 0. The van der Waals surface area contributed by atoms with Gasteiger partial charge in [0.1, 0.15) is 0 Å². The number of ether oxygens (including phenoxy) is 2. The molecule has 0 aliphatic carbocycles. The Morgan fingerprint density at radius 1 is 1.12 bits per heavy atom. The molecule has 1 aromatic carbocycles. The second kappa shape index (κ2) is 8.03. The first-order valence-corrected chi connectivity index (χ1v) is 8.89. The lowest BCUT2D eigenvalue weighted by Gasteiger charge is -2.21. The molecule has 7 heteroatoms. The lowest BCUT2D eigenvalue weighted by Crippen LogP contribution is -2.33. The number of likely N-dealkylation sites (tertiary alicyclic amines) is 2. The summed E-state index contributed by atoms with van der Waals surface area (Å²) in [5, 5.41) is 0. The Morgan fingerprint density at radius 3 is 2.38 bits per heavy atom. The van der Waals surface area contributed by atoms with Gasteiger partial charge in [-0.25, -0.2) is 4.39 Å². The number of benzene rings is 1. The van der Waals surface area contributed by atoms with Crippen LogP contribution in [-0.2, 0) is 20.9 Å². The Kier molecular flexibility index (Phi) is 5.76. The molecular formula is C19H25FN2O4. The summed E-state index contributed by atoms with van der Waals surface area (Å²) in [6.45, 7) is 3.97. The van der Waals surface area contributed by atoms with Crippen molar-refractivity contribution < 1.29 is 23.5 Å². The number of esters is 1. The van der Waals surface area contributed by atoms with E-state index in [1.54, 1.807) is 6.07 Å². The van der Waals surface area contributed by atoms with E-state index in [-0.39, 0.29) is 36.3 Å². The minimum Gasteiger partial charge on any atom is -0.494 e. The molecule has 2 atom stereocenters. The third-order valence-corrected chi connectivity index (χ3v) is 5.31. The average Bonchev–Trinajstić information content (AvgIpc) is 3.18.